The Hall–Kier alpha value is -1.62. The predicted molar refractivity (Wildman–Crippen MR) is 73.6 cm³/mol. The molecule has 1 aliphatic rings. The zero-order valence-corrected chi connectivity index (χ0v) is 11.8. The van der Waals surface area contributed by atoms with Crippen molar-refractivity contribution in [3.8, 4) is 0 Å². The molecule has 2 aromatic heterocycles. The maximum absolute atomic E-state index is 6.28. The number of aryl methyl sites for hydroxylation is 1. The fourth-order valence-corrected chi connectivity index (χ4v) is 3.05. The molecule has 19 heavy (non-hydrogen) atoms. The minimum absolute atomic E-state index is 0.150. The Morgan fingerprint density at radius 1 is 1.47 bits per heavy atom. The molecule has 2 N–H and O–H groups in total. The molecule has 0 saturated heterocycles. The number of nitrogens with two attached hydrogens (primary N) is 1. The minimum Gasteiger partial charge on any atom is -0.343 e. The molecular weight excluding hydrogens is 238 g/mol. The van der Waals surface area contributed by atoms with E-state index in [4.69, 9.17) is 5.73 Å². The number of hydrogen-bond acceptors (Lipinski definition) is 3. The van der Waals surface area contributed by atoms with Crippen molar-refractivity contribution in [2.75, 3.05) is 0 Å². The molecule has 2 aromatic rings. The minimum atomic E-state index is 0.150. The van der Waals surface area contributed by atoms with Gasteiger partial charge in [-0.15, -0.1) is 0 Å². The van der Waals surface area contributed by atoms with E-state index in [0.717, 1.165) is 25.2 Å². The Kier molecular flexibility index (Phi) is 2.74. The summed E-state index contributed by atoms with van der Waals surface area (Å²) in [6.07, 6.45) is 5.96. The second kappa shape index (κ2) is 4.20. The predicted octanol–water partition coefficient (Wildman–Crippen LogP) is 1.64. The van der Waals surface area contributed by atoms with E-state index in [0.29, 0.717) is 0 Å². The van der Waals surface area contributed by atoms with Crippen LogP contribution in [0.5, 0.6) is 0 Å². The summed E-state index contributed by atoms with van der Waals surface area (Å²) in [4.78, 5) is 4.29. The van der Waals surface area contributed by atoms with E-state index >= 15 is 0 Å². The first kappa shape index (κ1) is 12.4. The number of rotatable bonds is 2. The first-order valence-electron chi connectivity index (χ1n) is 6.73. The third-order valence-corrected chi connectivity index (χ3v) is 3.89. The molecule has 0 radical (unpaired) electrons. The van der Waals surface area contributed by atoms with Gasteiger partial charge in [-0.25, -0.2) is 4.98 Å². The molecule has 2 heterocycles. The first-order valence-corrected chi connectivity index (χ1v) is 6.73. The van der Waals surface area contributed by atoms with Crippen LogP contribution in [0.1, 0.15) is 43.4 Å². The van der Waals surface area contributed by atoms with Gasteiger partial charge in [0.1, 0.15) is 6.33 Å². The highest BCUT2D eigenvalue weighted by atomic mass is 15.3. The van der Waals surface area contributed by atoms with Gasteiger partial charge in [0.15, 0.2) is 5.82 Å². The van der Waals surface area contributed by atoms with Crippen LogP contribution in [0.25, 0.3) is 0 Å². The van der Waals surface area contributed by atoms with Crippen molar-refractivity contribution < 1.29 is 0 Å². The fraction of sp³-hybridized carbons (Fsp3) is 0.571. The van der Waals surface area contributed by atoms with Gasteiger partial charge < -0.3 is 10.3 Å². The zero-order valence-electron chi connectivity index (χ0n) is 11.8. The SMILES string of the molecule is Cn1cnc(Cn2ccc3c2CC(C)(C)CC3N)n1. The van der Waals surface area contributed by atoms with Gasteiger partial charge in [-0.3, -0.25) is 4.68 Å². The molecule has 1 unspecified atom stereocenters. The summed E-state index contributed by atoms with van der Waals surface area (Å²) in [6, 6.07) is 2.30. The summed E-state index contributed by atoms with van der Waals surface area (Å²) in [5, 5.41) is 4.34. The van der Waals surface area contributed by atoms with Crippen LogP contribution in [0.4, 0.5) is 0 Å². The highest BCUT2D eigenvalue weighted by Crippen LogP contribution is 2.39. The van der Waals surface area contributed by atoms with E-state index in [2.05, 4.69) is 40.8 Å². The molecule has 1 aliphatic carbocycles. The molecular formula is C14H21N5. The number of fused-ring (bicyclic) bond motifs is 1. The summed E-state index contributed by atoms with van der Waals surface area (Å²) in [7, 11) is 1.89. The molecule has 3 rings (SSSR count). The number of nitrogens with zero attached hydrogens (tertiary/aromatic N) is 4. The molecule has 0 spiro atoms. The van der Waals surface area contributed by atoms with Crippen LogP contribution in [0.15, 0.2) is 18.6 Å². The van der Waals surface area contributed by atoms with Crippen LogP contribution >= 0.6 is 0 Å². The molecule has 0 aliphatic heterocycles. The highest BCUT2D eigenvalue weighted by Gasteiger charge is 2.32. The number of hydrogen-bond donors (Lipinski definition) is 1. The van der Waals surface area contributed by atoms with Gasteiger partial charge in [0, 0.05) is 25.0 Å². The van der Waals surface area contributed by atoms with E-state index in [1.165, 1.54) is 11.3 Å². The van der Waals surface area contributed by atoms with Crippen molar-refractivity contribution in [1.29, 1.82) is 0 Å². The van der Waals surface area contributed by atoms with Crippen LogP contribution in [0.3, 0.4) is 0 Å². The van der Waals surface area contributed by atoms with Crippen molar-refractivity contribution in [1.82, 2.24) is 19.3 Å². The summed E-state index contributed by atoms with van der Waals surface area (Å²) in [5.74, 6) is 0.845. The van der Waals surface area contributed by atoms with E-state index in [9.17, 15) is 0 Å². The van der Waals surface area contributed by atoms with E-state index in [1.807, 2.05) is 7.05 Å². The lowest BCUT2D eigenvalue weighted by Gasteiger charge is -2.34. The highest BCUT2D eigenvalue weighted by molar-refractivity contribution is 5.30. The Morgan fingerprint density at radius 3 is 2.95 bits per heavy atom. The zero-order chi connectivity index (χ0) is 13.6. The molecule has 0 aromatic carbocycles. The smallest absolute Gasteiger partial charge is 0.170 e. The lowest BCUT2D eigenvalue weighted by molar-refractivity contribution is 0.276. The van der Waals surface area contributed by atoms with Gasteiger partial charge in [-0.05, 0) is 29.9 Å². The second-order valence-corrected chi connectivity index (χ2v) is 6.33. The van der Waals surface area contributed by atoms with Crippen molar-refractivity contribution in [3.05, 3.63) is 35.7 Å². The average molecular weight is 259 g/mol. The largest absolute Gasteiger partial charge is 0.343 e. The Bertz CT molecular complexity index is 593. The molecule has 102 valence electrons. The van der Waals surface area contributed by atoms with Crippen molar-refractivity contribution in [2.45, 2.75) is 39.3 Å². The van der Waals surface area contributed by atoms with Crippen molar-refractivity contribution in [3.63, 3.8) is 0 Å². The molecule has 0 fully saturated rings. The average Bonchev–Trinajstić information content (AvgIpc) is 2.86. The molecule has 0 saturated carbocycles. The van der Waals surface area contributed by atoms with E-state index < -0.39 is 0 Å². The third kappa shape index (κ3) is 2.30. The van der Waals surface area contributed by atoms with Gasteiger partial charge in [-0.2, -0.15) is 5.10 Å². The summed E-state index contributed by atoms with van der Waals surface area (Å²) < 4.78 is 3.98. The van der Waals surface area contributed by atoms with Crippen LogP contribution in [0.2, 0.25) is 0 Å². The topological polar surface area (TPSA) is 61.7 Å². The lowest BCUT2D eigenvalue weighted by atomic mass is 9.74. The van der Waals surface area contributed by atoms with Gasteiger partial charge in [0.25, 0.3) is 0 Å². The molecule has 1 atom stereocenters. The van der Waals surface area contributed by atoms with Crippen LogP contribution < -0.4 is 5.73 Å². The Labute approximate surface area is 113 Å². The third-order valence-electron chi connectivity index (χ3n) is 3.89. The Balaban J connectivity index is 1.92. The van der Waals surface area contributed by atoms with Crippen molar-refractivity contribution in [2.24, 2.45) is 18.2 Å². The van der Waals surface area contributed by atoms with Crippen LogP contribution in [-0.4, -0.2) is 19.3 Å². The molecule has 5 nitrogen and oxygen atoms in total. The second-order valence-electron chi connectivity index (χ2n) is 6.33. The number of aromatic nitrogens is 4. The van der Waals surface area contributed by atoms with Gasteiger partial charge >= 0.3 is 0 Å². The van der Waals surface area contributed by atoms with Gasteiger partial charge in [-0.1, -0.05) is 13.8 Å². The fourth-order valence-electron chi connectivity index (χ4n) is 3.05. The quantitative estimate of drug-likeness (QED) is 0.891. The van der Waals surface area contributed by atoms with Crippen LogP contribution in [0, 0.1) is 5.41 Å². The summed E-state index contributed by atoms with van der Waals surface area (Å²) in [5.41, 5.74) is 9.18. The van der Waals surface area contributed by atoms with Crippen LogP contribution in [-0.2, 0) is 20.0 Å². The monoisotopic (exact) mass is 259 g/mol. The molecule has 0 amide bonds. The molecule has 0 bridgehead atoms. The lowest BCUT2D eigenvalue weighted by Crippen LogP contribution is -2.30. The van der Waals surface area contributed by atoms with E-state index in [-0.39, 0.29) is 11.5 Å². The normalized spacial score (nSPS) is 21.4. The molecule has 5 heteroatoms. The standard InChI is InChI=1S/C14H21N5/c1-14(2)6-11(15)10-4-5-19(12(10)7-14)8-13-16-9-18(3)17-13/h4-5,9,11H,6-8,15H2,1-3H3. The van der Waals surface area contributed by atoms with Crippen molar-refractivity contribution >= 4 is 0 Å². The summed E-state index contributed by atoms with van der Waals surface area (Å²) >= 11 is 0. The maximum Gasteiger partial charge on any atom is 0.170 e. The van der Waals surface area contributed by atoms with Gasteiger partial charge in [0.05, 0.1) is 6.54 Å². The Morgan fingerprint density at radius 2 is 2.26 bits per heavy atom. The maximum atomic E-state index is 6.28. The summed E-state index contributed by atoms with van der Waals surface area (Å²) in [6.45, 7) is 5.29. The van der Waals surface area contributed by atoms with E-state index in [1.54, 1.807) is 11.0 Å². The van der Waals surface area contributed by atoms with Gasteiger partial charge in [0.2, 0.25) is 0 Å². The first-order chi connectivity index (χ1) is 8.94.